The minimum atomic E-state index is -0.108. The molecule has 38 heavy (non-hydrogen) atoms. The number of Topliss-reactive ketones (excluding diaryl/α,β-unsaturated/α-hetero) is 1. The van der Waals surface area contributed by atoms with Gasteiger partial charge in [0.2, 0.25) is 5.96 Å². The minimum absolute atomic E-state index is 0.108. The van der Waals surface area contributed by atoms with Crippen LogP contribution in [-0.4, -0.2) is 56.0 Å². The first kappa shape index (κ1) is 25.7. The number of aliphatic imine (C=N–C) groups is 2. The molecule has 0 spiro atoms. The van der Waals surface area contributed by atoms with E-state index in [-0.39, 0.29) is 17.7 Å². The van der Waals surface area contributed by atoms with Crippen LogP contribution in [0.1, 0.15) is 53.5 Å². The van der Waals surface area contributed by atoms with Crippen molar-refractivity contribution < 1.29 is 4.79 Å². The first-order valence-corrected chi connectivity index (χ1v) is 13.0. The number of rotatable bonds is 7. The summed E-state index contributed by atoms with van der Waals surface area (Å²) >= 11 is 0. The first-order valence-electron chi connectivity index (χ1n) is 13.0. The van der Waals surface area contributed by atoms with E-state index in [0.717, 1.165) is 64.9 Å². The fraction of sp³-hybridized carbons (Fsp3) is 0.429. The second-order valence-corrected chi connectivity index (χ2v) is 10.3. The number of hydrogen-bond acceptors (Lipinski definition) is 6. The number of aromatic nitrogens is 3. The first-order chi connectivity index (χ1) is 18.3. The van der Waals surface area contributed by atoms with Crippen LogP contribution in [0.15, 0.2) is 52.3 Å². The van der Waals surface area contributed by atoms with Crippen LogP contribution in [0.4, 0.5) is 5.69 Å². The molecule has 0 atom stereocenters. The van der Waals surface area contributed by atoms with E-state index >= 15 is 0 Å². The maximum absolute atomic E-state index is 13.2. The predicted molar refractivity (Wildman–Crippen MR) is 151 cm³/mol. The van der Waals surface area contributed by atoms with Crippen molar-refractivity contribution in [2.45, 2.75) is 52.6 Å². The average molecular weight is 515 g/mol. The Labute approximate surface area is 222 Å². The van der Waals surface area contributed by atoms with Crippen molar-refractivity contribution in [3.63, 3.8) is 0 Å². The number of likely N-dealkylation sites (tertiary alicyclic amines) is 1. The molecule has 0 amide bonds. The molecule has 198 valence electrons. The molecule has 1 saturated heterocycles. The SMILES string of the molecule is C=CN=C(N=C(C)n1cc(CN2CC(N=O)C2)c(C)n1)Nc1ccc2c(c1)c(C(=O)C1CCC1)c(C)n2C. The van der Waals surface area contributed by atoms with E-state index in [1.807, 2.05) is 52.2 Å². The van der Waals surface area contributed by atoms with Gasteiger partial charge in [0.25, 0.3) is 0 Å². The van der Waals surface area contributed by atoms with Crippen LogP contribution in [0.25, 0.3) is 10.9 Å². The van der Waals surface area contributed by atoms with E-state index in [1.165, 1.54) is 6.20 Å². The Morgan fingerprint density at radius 3 is 2.68 bits per heavy atom. The molecule has 2 aliphatic rings. The molecule has 10 nitrogen and oxygen atoms in total. The third-order valence-electron chi connectivity index (χ3n) is 7.76. The molecule has 0 unspecified atom stereocenters. The number of hydrogen-bond donors (Lipinski definition) is 1. The van der Waals surface area contributed by atoms with Gasteiger partial charge in [-0.25, -0.2) is 9.67 Å². The molecule has 3 heterocycles. The highest BCUT2D eigenvalue weighted by Crippen LogP contribution is 2.35. The maximum atomic E-state index is 13.2. The predicted octanol–water partition coefficient (Wildman–Crippen LogP) is 4.80. The lowest BCUT2D eigenvalue weighted by atomic mass is 9.79. The summed E-state index contributed by atoms with van der Waals surface area (Å²) < 4.78 is 3.82. The van der Waals surface area contributed by atoms with Crippen molar-refractivity contribution in [3.05, 3.63) is 64.6 Å². The Balaban J connectivity index is 1.38. The topological polar surface area (TPSA) is 109 Å². The summed E-state index contributed by atoms with van der Waals surface area (Å²) in [6, 6.07) is 5.88. The Hall–Kier alpha value is -3.92. The number of anilines is 1. The molecule has 2 aromatic heterocycles. The summed E-state index contributed by atoms with van der Waals surface area (Å²) in [5.41, 5.74) is 5.60. The molecular weight excluding hydrogens is 480 g/mol. The van der Waals surface area contributed by atoms with Crippen molar-refractivity contribution in [2.24, 2.45) is 28.1 Å². The second-order valence-electron chi connectivity index (χ2n) is 10.3. The van der Waals surface area contributed by atoms with Gasteiger partial charge >= 0.3 is 0 Å². The highest BCUT2D eigenvalue weighted by molar-refractivity contribution is 6.12. The van der Waals surface area contributed by atoms with Gasteiger partial charge in [-0.05, 0) is 51.8 Å². The van der Waals surface area contributed by atoms with E-state index in [2.05, 4.69) is 41.6 Å². The molecule has 1 N–H and O–H groups in total. The van der Waals surface area contributed by atoms with Gasteiger partial charge in [0.15, 0.2) is 5.78 Å². The van der Waals surface area contributed by atoms with Gasteiger partial charge in [0, 0.05) is 78.4 Å². The fourth-order valence-corrected chi connectivity index (χ4v) is 5.14. The number of ketones is 1. The van der Waals surface area contributed by atoms with Gasteiger partial charge in [-0.2, -0.15) is 15.0 Å². The summed E-state index contributed by atoms with van der Waals surface area (Å²) in [5.74, 6) is 1.38. The van der Waals surface area contributed by atoms with Crippen molar-refractivity contribution in [3.8, 4) is 0 Å². The third-order valence-corrected chi connectivity index (χ3v) is 7.76. The number of carbonyl (C=O) groups is 1. The van der Waals surface area contributed by atoms with Gasteiger partial charge in [0.05, 0.1) is 5.69 Å². The van der Waals surface area contributed by atoms with E-state index in [4.69, 9.17) is 0 Å². The Kier molecular flexibility index (Phi) is 7.07. The van der Waals surface area contributed by atoms with Crippen LogP contribution in [0, 0.1) is 24.7 Å². The molecular formula is C28H34N8O2. The quantitative estimate of drug-likeness (QED) is 0.211. The van der Waals surface area contributed by atoms with Gasteiger partial charge in [-0.3, -0.25) is 9.69 Å². The van der Waals surface area contributed by atoms with E-state index in [9.17, 15) is 9.70 Å². The smallest absolute Gasteiger partial charge is 0.228 e. The summed E-state index contributed by atoms with van der Waals surface area (Å²) in [7, 11) is 2.00. The van der Waals surface area contributed by atoms with Crippen molar-refractivity contribution in [1.82, 2.24) is 19.2 Å². The number of guanidine groups is 1. The Morgan fingerprint density at radius 1 is 1.26 bits per heavy atom. The molecule has 5 rings (SSSR count). The van der Waals surface area contributed by atoms with E-state index in [0.29, 0.717) is 24.9 Å². The van der Waals surface area contributed by atoms with Crippen LogP contribution < -0.4 is 5.32 Å². The molecule has 10 heteroatoms. The number of carbonyl (C=O) groups excluding carboxylic acids is 1. The van der Waals surface area contributed by atoms with Crippen LogP contribution in [0.2, 0.25) is 0 Å². The number of nitrogens with zero attached hydrogens (tertiary/aromatic N) is 7. The van der Waals surface area contributed by atoms with Gasteiger partial charge in [0.1, 0.15) is 11.9 Å². The zero-order valence-electron chi connectivity index (χ0n) is 22.4. The summed E-state index contributed by atoms with van der Waals surface area (Å²) in [5, 5.41) is 11.9. The lowest BCUT2D eigenvalue weighted by Gasteiger charge is -2.34. The van der Waals surface area contributed by atoms with Gasteiger partial charge < -0.3 is 9.88 Å². The molecule has 3 aromatic rings. The Morgan fingerprint density at radius 2 is 2.03 bits per heavy atom. The fourth-order valence-electron chi connectivity index (χ4n) is 5.14. The molecule has 1 aliphatic carbocycles. The third kappa shape index (κ3) is 4.83. The zero-order chi connectivity index (χ0) is 27.0. The van der Waals surface area contributed by atoms with E-state index < -0.39 is 0 Å². The maximum Gasteiger partial charge on any atom is 0.228 e. The molecule has 1 saturated carbocycles. The summed E-state index contributed by atoms with van der Waals surface area (Å²) in [6.45, 7) is 11.7. The van der Waals surface area contributed by atoms with Crippen LogP contribution in [0.5, 0.6) is 0 Å². The molecule has 0 bridgehead atoms. The largest absolute Gasteiger partial charge is 0.347 e. The highest BCUT2D eigenvalue weighted by atomic mass is 16.3. The molecule has 1 aromatic carbocycles. The number of benzene rings is 1. The molecule has 2 fully saturated rings. The molecule has 0 radical (unpaired) electrons. The number of aryl methyl sites for hydroxylation is 2. The van der Waals surface area contributed by atoms with Gasteiger partial charge in [-0.15, -0.1) is 0 Å². The minimum Gasteiger partial charge on any atom is -0.347 e. The van der Waals surface area contributed by atoms with E-state index in [1.54, 1.807) is 4.68 Å². The molecule has 1 aliphatic heterocycles. The van der Waals surface area contributed by atoms with Gasteiger partial charge in [-0.1, -0.05) is 18.2 Å². The van der Waals surface area contributed by atoms with Crippen molar-refractivity contribution >= 4 is 34.2 Å². The summed E-state index contributed by atoms with van der Waals surface area (Å²) in [4.78, 5) is 35.1. The van der Waals surface area contributed by atoms with Crippen molar-refractivity contribution in [1.29, 1.82) is 0 Å². The second kappa shape index (κ2) is 10.4. The Bertz CT molecular complexity index is 1470. The average Bonchev–Trinajstić information content (AvgIpc) is 3.31. The number of nitroso groups, excluding NO2 is 1. The van der Waals surface area contributed by atoms with Crippen LogP contribution in [0.3, 0.4) is 0 Å². The van der Waals surface area contributed by atoms with Crippen LogP contribution >= 0.6 is 0 Å². The normalized spacial score (nSPS) is 17.4. The van der Waals surface area contributed by atoms with Crippen LogP contribution in [-0.2, 0) is 13.6 Å². The lowest BCUT2D eigenvalue weighted by molar-refractivity contribution is 0.0856. The number of nitrogens with one attached hydrogen (secondary N) is 1. The standard InChI is InChI=1S/C28H34N8O2/c1-6-29-28(30-19(4)36-14-21(17(2)32-36)13-35-15-23(16-35)33-38)31-22-10-11-25-24(12-22)26(18(3)34(25)5)27(37)20-8-7-9-20/h6,10-12,14,20,23H,1,7-9,13,15-16H2,2-5H3,(H,29,31). The lowest BCUT2D eigenvalue weighted by Crippen LogP contribution is -2.48. The highest BCUT2D eigenvalue weighted by Gasteiger charge is 2.30. The zero-order valence-corrected chi connectivity index (χ0v) is 22.4. The summed E-state index contributed by atoms with van der Waals surface area (Å²) in [6.07, 6.45) is 6.47. The number of fused-ring (bicyclic) bond motifs is 1. The van der Waals surface area contributed by atoms with Crippen molar-refractivity contribution in [2.75, 3.05) is 18.4 Å². The monoisotopic (exact) mass is 514 g/mol.